The first kappa shape index (κ1) is 21.9. The third kappa shape index (κ3) is 3.97. The predicted molar refractivity (Wildman–Crippen MR) is 132 cm³/mol. The summed E-state index contributed by atoms with van der Waals surface area (Å²) in [6.45, 7) is 3.18. The van der Waals surface area contributed by atoms with E-state index in [1.54, 1.807) is 36.4 Å². The fourth-order valence-electron chi connectivity index (χ4n) is 4.23. The van der Waals surface area contributed by atoms with E-state index in [4.69, 9.17) is 11.6 Å². The molecule has 3 aromatic rings. The highest BCUT2D eigenvalue weighted by Crippen LogP contribution is 2.30. The van der Waals surface area contributed by atoms with Crippen molar-refractivity contribution in [1.82, 2.24) is 4.90 Å². The van der Waals surface area contributed by atoms with E-state index in [-0.39, 0.29) is 16.6 Å². The third-order valence-corrected chi connectivity index (χ3v) is 6.49. The van der Waals surface area contributed by atoms with E-state index in [1.165, 1.54) is 11.1 Å². The Kier molecular flexibility index (Phi) is 5.67. The van der Waals surface area contributed by atoms with E-state index < -0.39 is 11.8 Å². The highest BCUT2D eigenvalue weighted by atomic mass is 35.5. The van der Waals surface area contributed by atoms with Gasteiger partial charge >= 0.3 is 0 Å². The summed E-state index contributed by atoms with van der Waals surface area (Å²) in [5.41, 5.74) is 5.05. The van der Waals surface area contributed by atoms with Gasteiger partial charge in [-0.2, -0.15) is 0 Å². The van der Waals surface area contributed by atoms with Crippen LogP contribution in [0.5, 0.6) is 0 Å². The van der Waals surface area contributed by atoms with Gasteiger partial charge in [-0.15, -0.1) is 0 Å². The van der Waals surface area contributed by atoms with Crippen molar-refractivity contribution in [3.63, 3.8) is 0 Å². The Labute approximate surface area is 202 Å². The molecule has 170 valence electrons. The second-order valence-electron chi connectivity index (χ2n) is 8.42. The highest BCUT2D eigenvalue weighted by Gasteiger charge is 2.39. The number of hydrogen-bond donors (Lipinski definition) is 1. The minimum Gasteiger partial charge on any atom is -0.350 e. The number of carbonyl (C=O) groups excluding carboxylic acids is 3. The average molecular weight is 472 g/mol. The fourth-order valence-corrected chi connectivity index (χ4v) is 4.44. The van der Waals surface area contributed by atoms with Gasteiger partial charge in [-0.3, -0.25) is 14.4 Å². The molecular formula is C27H22ClN3O3. The first-order chi connectivity index (χ1) is 16.4. The molecule has 0 aliphatic carbocycles. The standard InChI is InChI=1S/C27H22ClN3O3/c1-17-6-12-22(13-7-17)31-26(33)23(28)24(27(31)34)29-21-10-8-19(9-11-21)25(32)30-15-14-18-4-2-3-5-20(18)16-30/h2-13,29H,14-16H2,1H3. The van der Waals surface area contributed by atoms with E-state index in [2.05, 4.69) is 17.4 Å². The first-order valence-electron chi connectivity index (χ1n) is 11.0. The van der Waals surface area contributed by atoms with Crippen LogP contribution in [0.1, 0.15) is 27.0 Å². The number of aryl methyl sites for hydroxylation is 1. The second kappa shape index (κ2) is 8.80. The maximum absolute atomic E-state index is 13.0. The molecule has 5 rings (SSSR count). The maximum atomic E-state index is 13.0. The molecule has 34 heavy (non-hydrogen) atoms. The molecule has 0 radical (unpaired) electrons. The molecule has 3 amide bonds. The molecule has 0 spiro atoms. The summed E-state index contributed by atoms with van der Waals surface area (Å²) in [5, 5.41) is 2.78. The van der Waals surface area contributed by atoms with Crippen molar-refractivity contribution < 1.29 is 14.4 Å². The molecule has 1 N–H and O–H groups in total. The number of amides is 3. The van der Waals surface area contributed by atoms with E-state index in [0.29, 0.717) is 30.0 Å². The van der Waals surface area contributed by atoms with Crippen molar-refractivity contribution in [1.29, 1.82) is 0 Å². The fraction of sp³-hybridized carbons (Fsp3) is 0.148. The van der Waals surface area contributed by atoms with Crippen molar-refractivity contribution in [3.05, 3.63) is 106 Å². The topological polar surface area (TPSA) is 69.7 Å². The number of fused-ring (bicyclic) bond motifs is 1. The zero-order valence-electron chi connectivity index (χ0n) is 18.5. The lowest BCUT2D eigenvalue weighted by molar-refractivity contribution is -0.120. The van der Waals surface area contributed by atoms with Gasteiger partial charge in [-0.25, -0.2) is 4.90 Å². The number of halogens is 1. The summed E-state index contributed by atoms with van der Waals surface area (Å²) < 4.78 is 0. The van der Waals surface area contributed by atoms with Crippen LogP contribution in [0.4, 0.5) is 11.4 Å². The summed E-state index contributed by atoms with van der Waals surface area (Å²) in [5.74, 6) is -1.14. The van der Waals surface area contributed by atoms with Crippen LogP contribution in [0.25, 0.3) is 0 Å². The SMILES string of the molecule is Cc1ccc(N2C(=O)C(Cl)=C(Nc3ccc(C(=O)N4CCc5ccccc5C4)cc3)C2=O)cc1. The van der Waals surface area contributed by atoms with Gasteiger partial charge < -0.3 is 10.2 Å². The van der Waals surface area contributed by atoms with Crippen molar-refractivity contribution in [3.8, 4) is 0 Å². The lowest BCUT2D eigenvalue weighted by Crippen LogP contribution is -2.35. The monoisotopic (exact) mass is 471 g/mol. The molecule has 3 aromatic carbocycles. The van der Waals surface area contributed by atoms with Crippen LogP contribution in [0.15, 0.2) is 83.5 Å². The summed E-state index contributed by atoms with van der Waals surface area (Å²) in [4.78, 5) is 41.5. The van der Waals surface area contributed by atoms with Crippen LogP contribution in [-0.2, 0) is 22.6 Å². The van der Waals surface area contributed by atoms with Crippen molar-refractivity contribution >= 4 is 40.7 Å². The van der Waals surface area contributed by atoms with Gasteiger partial charge in [-0.05, 0) is 60.9 Å². The predicted octanol–water partition coefficient (Wildman–Crippen LogP) is 4.63. The molecule has 0 aromatic heterocycles. The second-order valence-corrected chi connectivity index (χ2v) is 8.80. The number of nitrogens with one attached hydrogen (secondary N) is 1. The molecule has 6 nitrogen and oxygen atoms in total. The Morgan fingerprint density at radius 2 is 1.56 bits per heavy atom. The molecule has 0 fully saturated rings. The van der Waals surface area contributed by atoms with Crippen molar-refractivity contribution in [2.24, 2.45) is 0 Å². The highest BCUT2D eigenvalue weighted by molar-refractivity contribution is 6.53. The number of imide groups is 1. The summed E-state index contributed by atoms with van der Waals surface area (Å²) in [6, 6.07) is 22.0. The summed E-state index contributed by atoms with van der Waals surface area (Å²) in [7, 11) is 0. The van der Waals surface area contributed by atoms with Gasteiger partial charge in [0.2, 0.25) is 0 Å². The molecule has 0 atom stereocenters. The molecule has 7 heteroatoms. The molecule has 2 aliphatic rings. The van der Waals surface area contributed by atoms with Crippen LogP contribution in [0.2, 0.25) is 0 Å². The molecule has 0 saturated heterocycles. The Bertz CT molecular complexity index is 1330. The van der Waals surface area contributed by atoms with Gasteiger partial charge in [0, 0.05) is 24.3 Å². The summed E-state index contributed by atoms with van der Waals surface area (Å²) in [6.07, 6.45) is 0.835. The largest absolute Gasteiger partial charge is 0.350 e. The molecular weight excluding hydrogens is 450 g/mol. The minimum atomic E-state index is -0.574. The smallest absolute Gasteiger partial charge is 0.283 e. The van der Waals surface area contributed by atoms with E-state index >= 15 is 0 Å². The molecule has 2 aliphatic heterocycles. The lowest BCUT2D eigenvalue weighted by atomic mass is 9.99. The van der Waals surface area contributed by atoms with Gasteiger partial charge in [0.1, 0.15) is 10.7 Å². The van der Waals surface area contributed by atoms with Gasteiger partial charge in [0.05, 0.1) is 5.69 Å². The quantitative estimate of drug-likeness (QED) is 0.563. The number of carbonyl (C=O) groups is 3. The van der Waals surface area contributed by atoms with E-state index in [1.807, 2.05) is 36.1 Å². The van der Waals surface area contributed by atoms with Crippen LogP contribution in [0, 0.1) is 6.92 Å². The number of benzene rings is 3. The van der Waals surface area contributed by atoms with Crippen molar-refractivity contribution in [2.45, 2.75) is 19.9 Å². The number of anilines is 2. The van der Waals surface area contributed by atoms with Crippen molar-refractivity contribution in [2.75, 3.05) is 16.8 Å². The third-order valence-electron chi connectivity index (χ3n) is 6.14. The van der Waals surface area contributed by atoms with E-state index in [0.717, 1.165) is 16.9 Å². The van der Waals surface area contributed by atoms with E-state index in [9.17, 15) is 14.4 Å². The van der Waals surface area contributed by atoms with Gasteiger partial charge in [0.25, 0.3) is 17.7 Å². The lowest BCUT2D eigenvalue weighted by Gasteiger charge is -2.29. The zero-order valence-corrected chi connectivity index (χ0v) is 19.3. The summed E-state index contributed by atoms with van der Waals surface area (Å²) >= 11 is 6.22. The number of hydrogen-bond acceptors (Lipinski definition) is 4. The molecule has 0 saturated carbocycles. The molecule has 0 bridgehead atoms. The Hall–Kier alpha value is -3.90. The van der Waals surface area contributed by atoms with Gasteiger partial charge in [-0.1, -0.05) is 53.6 Å². The normalized spacial score (nSPS) is 15.6. The maximum Gasteiger partial charge on any atom is 0.283 e. The van der Waals surface area contributed by atoms with Crippen LogP contribution in [0.3, 0.4) is 0 Å². The average Bonchev–Trinajstić information content (AvgIpc) is 3.07. The molecule has 2 heterocycles. The van der Waals surface area contributed by atoms with Crippen LogP contribution in [-0.4, -0.2) is 29.2 Å². The minimum absolute atomic E-state index is 0.0129. The Balaban J connectivity index is 1.29. The first-order valence-corrected chi connectivity index (χ1v) is 11.4. The Morgan fingerprint density at radius 3 is 2.26 bits per heavy atom. The van der Waals surface area contributed by atoms with Crippen LogP contribution < -0.4 is 10.2 Å². The van der Waals surface area contributed by atoms with Gasteiger partial charge in [0.15, 0.2) is 0 Å². The number of rotatable bonds is 4. The number of nitrogens with zero attached hydrogens (tertiary/aromatic N) is 2. The Morgan fingerprint density at radius 1 is 0.882 bits per heavy atom. The molecule has 0 unspecified atom stereocenters. The zero-order chi connectivity index (χ0) is 23.8. The van der Waals surface area contributed by atoms with Crippen LogP contribution >= 0.6 is 11.6 Å².